The molecule has 4 nitrogen and oxygen atoms in total. The van der Waals surface area contributed by atoms with Crippen LogP contribution in [-0.2, 0) is 13.7 Å². The van der Waals surface area contributed by atoms with Crippen molar-refractivity contribution in [1.82, 2.24) is 14.9 Å². The Balaban J connectivity index is 2.17. The maximum atomic E-state index is 5.98. The van der Waals surface area contributed by atoms with Crippen LogP contribution in [-0.4, -0.2) is 16.1 Å². The lowest BCUT2D eigenvalue weighted by Gasteiger charge is -2.18. The summed E-state index contributed by atoms with van der Waals surface area (Å²) < 4.78 is 8.96. The Morgan fingerprint density at radius 2 is 2.25 bits per heavy atom. The van der Waals surface area contributed by atoms with E-state index in [9.17, 15) is 0 Å². The van der Waals surface area contributed by atoms with Gasteiger partial charge in [-0.15, -0.1) is 0 Å². The van der Waals surface area contributed by atoms with E-state index < -0.39 is 0 Å². The van der Waals surface area contributed by atoms with Crippen LogP contribution in [0.2, 0.25) is 0 Å². The molecule has 0 aliphatic carbocycles. The molecule has 0 fully saturated rings. The van der Waals surface area contributed by atoms with Crippen molar-refractivity contribution in [2.75, 3.05) is 6.54 Å². The first-order valence-corrected chi connectivity index (χ1v) is 7.52. The Morgan fingerprint density at radius 3 is 2.90 bits per heavy atom. The van der Waals surface area contributed by atoms with E-state index in [1.54, 1.807) is 6.33 Å². The van der Waals surface area contributed by atoms with Crippen molar-refractivity contribution < 1.29 is 4.74 Å². The van der Waals surface area contributed by atoms with Gasteiger partial charge in [0.1, 0.15) is 12.4 Å². The molecule has 0 saturated carbocycles. The molecule has 0 spiro atoms. The average molecular weight is 338 g/mol. The van der Waals surface area contributed by atoms with Gasteiger partial charge in [-0.1, -0.05) is 28.9 Å². The lowest BCUT2D eigenvalue weighted by atomic mass is 10.1. The smallest absolute Gasteiger partial charge is 0.130 e. The quantitative estimate of drug-likeness (QED) is 0.877. The number of rotatable bonds is 6. The van der Waals surface area contributed by atoms with Crippen LogP contribution in [0.1, 0.15) is 31.1 Å². The molecule has 1 atom stereocenters. The molecule has 1 N–H and O–H groups in total. The zero-order valence-corrected chi connectivity index (χ0v) is 13.6. The summed E-state index contributed by atoms with van der Waals surface area (Å²) in [4.78, 5) is 4.10. The van der Waals surface area contributed by atoms with E-state index in [-0.39, 0.29) is 6.04 Å². The fourth-order valence-corrected chi connectivity index (χ4v) is 2.42. The summed E-state index contributed by atoms with van der Waals surface area (Å²) in [6.45, 7) is 5.69. The third-order valence-electron chi connectivity index (χ3n) is 3.24. The van der Waals surface area contributed by atoms with E-state index in [4.69, 9.17) is 4.74 Å². The van der Waals surface area contributed by atoms with E-state index in [1.807, 2.05) is 29.9 Å². The molecule has 0 aliphatic rings. The molecule has 1 unspecified atom stereocenters. The number of hydrogen-bond acceptors (Lipinski definition) is 3. The largest absolute Gasteiger partial charge is 0.487 e. The highest BCUT2D eigenvalue weighted by Gasteiger charge is 2.12. The van der Waals surface area contributed by atoms with E-state index in [0.717, 1.165) is 28.0 Å². The zero-order valence-electron chi connectivity index (χ0n) is 12.1. The summed E-state index contributed by atoms with van der Waals surface area (Å²) in [5, 5.41) is 3.41. The van der Waals surface area contributed by atoms with Crippen LogP contribution in [0.25, 0.3) is 0 Å². The highest BCUT2D eigenvalue weighted by atomic mass is 79.9. The van der Waals surface area contributed by atoms with Gasteiger partial charge >= 0.3 is 0 Å². The number of halogens is 1. The minimum absolute atomic E-state index is 0.259. The Morgan fingerprint density at radius 1 is 1.45 bits per heavy atom. The minimum Gasteiger partial charge on any atom is -0.487 e. The Kier molecular flexibility index (Phi) is 5.20. The van der Waals surface area contributed by atoms with Gasteiger partial charge in [-0.3, -0.25) is 0 Å². The second-order valence-electron chi connectivity index (χ2n) is 4.75. The molecule has 1 heterocycles. The van der Waals surface area contributed by atoms with E-state index >= 15 is 0 Å². The van der Waals surface area contributed by atoms with Gasteiger partial charge in [0, 0.05) is 23.1 Å². The minimum atomic E-state index is 0.259. The molecular formula is C15H20BrN3O. The zero-order chi connectivity index (χ0) is 14.5. The van der Waals surface area contributed by atoms with Crippen molar-refractivity contribution in [1.29, 1.82) is 0 Å². The molecule has 2 rings (SSSR count). The van der Waals surface area contributed by atoms with Gasteiger partial charge in [0.15, 0.2) is 0 Å². The number of ether oxygens (including phenoxy) is 1. The van der Waals surface area contributed by atoms with Gasteiger partial charge < -0.3 is 14.6 Å². The summed E-state index contributed by atoms with van der Waals surface area (Å²) in [5.41, 5.74) is 2.21. The highest BCUT2D eigenvalue weighted by molar-refractivity contribution is 9.10. The van der Waals surface area contributed by atoms with Crippen molar-refractivity contribution in [3.63, 3.8) is 0 Å². The summed E-state index contributed by atoms with van der Waals surface area (Å²) in [6.07, 6.45) is 3.60. The molecule has 5 heteroatoms. The Labute approximate surface area is 128 Å². The number of hydrogen-bond donors (Lipinski definition) is 1. The van der Waals surface area contributed by atoms with Gasteiger partial charge in [-0.05, 0) is 25.6 Å². The van der Waals surface area contributed by atoms with Crippen LogP contribution < -0.4 is 10.1 Å². The summed E-state index contributed by atoms with van der Waals surface area (Å²) in [6, 6.07) is 6.41. The summed E-state index contributed by atoms with van der Waals surface area (Å²) in [7, 11) is 1.97. The number of aromatic nitrogens is 2. The topological polar surface area (TPSA) is 39.1 Å². The van der Waals surface area contributed by atoms with Crippen LogP contribution in [0.5, 0.6) is 5.75 Å². The molecule has 0 amide bonds. The molecule has 108 valence electrons. The van der Waals surface area contributed by atoms with E-state index in [0.29, 0.717) is 6.61 Å². The lowest BCUT2D eigenvalue weighted by molar-refractivity contribution is 0.291. The van der Waals surface area contributed by atoms with Crippen LogP contribution in [0.4, 0.5) is 0 Å². The molecule has 20 heavy (non-hydrogen) atoms. The van der Waals surface area contributed by atoms with Gasteiger partial charge in [0.25, 0.3) is 0 Å². The van der Waals surface area contributed by atoms with Crippen LogP contribution in [0.15, 0.2) is 35.2 Å². The Bertz CT molecular complexity index is 568. The van der Waals surface area contributed by atoms with Crippen LogP contribution in [0, 0.1) is 0 Å². The third kappa shape index (κ3) is 3.61. The summed E-state index contributed by atoms with van der Waals surface area (Å²) in [5.74, 6) is 0.897. The number of benzene rings is 1. The first-order chi connectivity index (χ1) is 9.61. The first kappa shape index (κ1) is 15.1. The normalized spacial score (nSPS) is 12.4. The average Bonchev–Trinajstić information content (AvgIpc) is 2.82. The number of nitrogens with one attached hydrogen (secondary N) is 1. The molecule has 1 aromatic heterocycles. The molecule has 2 aromatic rings. The number of imidazole rings is 1. The predicted octanol–water partition coefficient (Wildman–Crippen LogP) is 3.43. The van der Waals surface area contributed by atoms with E-state index in [1.165, 1.54) is 0 Å². The monoisotopic (exact) mass is 337 g/mol. The maximum absolute atomic E-state index is 5.98. The molecular weight excluding hydrogens is 318 g/mol. The van der Waals surface area contributed by atoms with Gasteiger partial charge in [0.2, 0.25) is 0 Å². The number of aryl methyl sites for hydroxylation is 1. The van der Waals surface area contributed by atoms with Crippen molar-refractivity contribution in [3.05, 3.63) is 46.5 Å². The van der Waals surface area contributed by atoms with Gasteiger partial charge in [0.05, 0.1) is 18.2 Å². The van der Waals surface area contributed by atoms with Crippen LogP contribution >= 0.6 is 15.9 Å². The van der Waals surface area contributed by atoms with Crippen molar-refractivity contribution in [3.8, 4) is 5.75 Å². The highest BCUT2D eigenvalue weighted by Crippen LogP contribution is 2.29. The van der Waals surface area contributed by atoms with Crippen LogP contribution in [0.3, 0.4) is 0 Å². The fourth-order valence-electron chi connectivity index (χ4n) is 2.08. The predicted molar refractivity (Wildman–Crippen MR) is 83.8 cm³/mol. The number of nitrogens with zero attached hydrogens (tertiary/aromatic N) is 2. The SMILES string of the molecule is CCNC(C)c1ccc(Br)cc1OCc1cncn1C. The maximum Gasteiger partial charge on any atom is 0.130 e. The molecule has 1 aromatic carbocycles. The van der Waals surface area contributed by atoms with Crippen molar-refractivity contribution >= 4 is 15.9 Å². The van der Waals surface area contributed by atoms with E-state index in [2.05, 4.69) is 46.1 Å². The second kappa shape index (κ2) is 6.90. The molecule has 0 radical (unpaired) electrons. The first-order valence-electron chi connectivity index (χ1n) is 6.72. The standard InChI is InChI=1S/C15H20BrN3O/c1-4-18-11(2)14-6-5-12(16)7-15(14)20-9-13-8-17-10-19(13)3/h5-8,10-11,18H,4,9H2,1-3H3. The van der Waals surface area contributed by atoms with Gasteiger partial charge in [-0.2, -0.15) is 0 Å². The second-order valence-corrected chi connectivity index (χ2v) is 5.66. The van der Waals surface area contributed by atoms with Gasteiger partial charge in [-0.25, -0.2) is 4.98 Å². The Hall–Kier alpha value is -1.33. The molecule has 0 bridgehead atoms. The van der Waals surface area contributed by atoms with Crippen molar-refractivity contribution in [2.24, 2.45) is 7.05 Å². The molecule has 0 saturated heterocycles. The fraction of sp³-hybridized carbons (Fsp3) is 0.400. The molecule has 0 aliphatic heterocycles. The van der Waals surface area contributed by atoms with Crippen molar-refractivity contribution in [2.45, 2.75) is 26.5 Å². The third-order valence-corrected chi connectivity index (χ3v) is 3.74. The lowest BCUT2D eigenvalue weighted by Crippen LogP contribution is -2.18. The summed E-state index contributed by atoms with van der Waals surface area (Å²) >= 11 is 3.50.